The average Bonchev–Trinajstić information content (AvgIpc) is 2.64. The van der Waals surface area contributed by atoms with Crippen molar-refractivity contribution >= 4 is 5.90 Å². The molecule has 0 fully saturated rings. The van der Waals surface area contributed by atoms with E-state index in [-0.39, 0.29) is 0 Å². The van der Waals surface area contributed by atoms with Crippen LogP contribution in [0.2, 0.25) is 0 Å². The van der Waals surface area contributed by atoms with Crippen LogP contribution < -0.4 is 0 Å². The van der Waals surface area contributed by atoms with E-state index < -0.39 is 0 Å². The van der Waals surface area contributed by atoms with Crippen molar-refractivity contribution < 1.29 is 4.74 Å². The molecular weight excluding hydrogens is 174 g/mol. The molecule has 2 nitrogen and oxygen atoms in total. The lowest BCUT2D eigenvalue weighted by molar-refractivity contribution is 0.325. The third-order valence-electron chi connectivity index (χ3n) is 2.65. The topological polar surface area (TPSA) is 33.1 Å². The van der Waals surface area contributed by atoms with Crippen molar-refractivity contribution in [2.75, 3.05) is 6.61 Å². The minimum Gasteiger partial charge on any atom is -0.478 e. The van der Waals surface area contributed by atoms with Gasteiger partial charge in [0, 0.05) is 5.56 Å². The Labute approximate surface area is 84.4 Å². The normalized spacial score (nSPS) is 13.8. The summed E-state index contributed by atoms with van der Waals surface area (Å²) < 4.78 is 5.17. The zero-order chi connectivity index (χ0) is 9.97. The predicted octanol–water partition coefficient (Wildman–Crippen LogP) is 2.54. The Hall–Kier alpha value is -1.31. The molecule has 2 heteroatoms. The molecule has 0 saturated heterocycles. The van der Waals surface area contributed by atoms with Gasteiger partial charge in [0.05, 0.1) is 6.61 Å². The second-order valence-corrected chi connectivity index (χ2v) is 3.60. The maximum atomic E-state index is 7.67. The van der Waals surface area contributed by atoms with Crippen molar-refractivity contribution in [2.45, 2.75) is 26.2 Å². The fraction of sp³-hybridized carbons (Fsp3) is 0.417. The molecule has 0 heterocycles. The summed E-state index contributed by atoms with van der Waals surface area (Å²) in [5, 5.41) is 7.67. The van der Waals surface area contributed by atoms with Gasteiger partial charge in [-0.1, -0.05) is 6.07 Å². The predicted molar refractivity (Wildman–Crippen MR) is 56.9 cm³/mol. The van der Waals surface area contributed by atoms with Crippen LogP contribution in [0.4, 0.5) is 0 Å². The highest BCUT2D eigenvalue weighted by atomic mass is 16.5. The Morgan fingerprint density at radius 1 is 1.36 bits per heavy atom. The van der Waals surface area contributed by atoms with E-state index >= 15 is 0 Å². The lowest BCUT2D eigenvalue weighted by Crippen LogP contribution is -2.05. The maximum absolute atomic E-state index is 7.67. The van der Waals surface area contributed by atoms with E-state index in [0.29, 0.717) is 12.5 Å². The summed E-state index contributed by atoms with van der Waals surface area (Å²) in [6, 6.07) is 6.22. The molecule has 0 saturated carbocycles. The fourth-order valence-corrected chi connectivity index (χ4v) is 1.94. The number of hydrogen-bond acceptors (Lipinski definition) is 2. The summed E-state index contributed by atoms with van der Waals surface area (Å²) in [6.45, 7) is 2.47. The molecule has 1 aromatic carbocycles. The Balaban J connectivity index is 2.24. The Kier molecular flexibility index (Phi) is 2.53. The standard InChI is InChI=1S/C12H15NO/c1-2-14-12(13)11-7-6-9-4-3-5-10(9)8-11/h6-8,13H,2-5H2,1H3. The molecule has 1 aliphatic carbocycles. The van der Waals surface area contributed by atoms with E-state index in [0.717, 1.165) is 12.0 Å². The molecule has 0 spiro atoms. The molecule has 1 aliphatic rings. The van der Waals surface area contributed by atoms with E-state index in [1.807, 2.05) is 13.0 Å². The highest BCUT2D eigenvalue weighted by molar-refractivity contribution is 5.91. The highest BCUT2D eigenvalue weighted by Crippen LogP contribution is 2.22. The molecule has 1 aromatic rings. The molecule has 1 N–H and O–H groups in total. The van der Waals surface area contributed by atoms with Gasteiger partial charge in [-0.3, -0.25) is 5.41 Å². The van der Waals surface area contributed by atoms with Gasteiger partial charge in [-0.2, -0.15) is 0 Å². The number of hydrogen-bond donors (Lipinski definition) is 1. The van der Waals surface area contributed by atoms with E-state index in [4.69, 9.17) is 10.1 Å². The number of ether oxygens (including phenoxy) is 1. The van der Waals surface area contributed by atoms with Crippen molar-refractivity contribution in [2.24, 2.45) is 0 Å². The van der Waals surface area contributed by atoms with Gasteiger partial charge in [0.2, 0.25) is 5.90 Å². The second-order valence-electron chi connectivity index (χ2n) is 3.60. The SMILES string of the molecule is CCOC(=N)c1ccc2c(c1)CCC2. The van der Waals surface area contributed by atoms with Crippen LogP contribution in [0.15, 0.2) is 18.2 Å². The highest BCUT2D eigenvalue weighted by Gasteiger charge is 2.12. The molecule has 14 heavy (non-hydrogen) atoms. The van der Waals surface area contributed by atoms with E-state index in [9.17, 15) is 0 Å². The third kappa shape index (κ3) is 1.65. The van der Waals surface area contributed by atoms with Crippen LogP contribution in [0.25, 0.3) is 0 Å². The Morgan fingerprint density at radius 3 is 2.93 bits per heavy atom. The summed E-state index contributed by atoms with van der Waals surface area (Å²) in [7, 11) is 0. The summed E-state index contributed by atoms with van der Waals surface area (Å²) >= 11 is 0. The first kappa shape index (κ1) is 9.25. The largest absolute Gasteiger partial charge is 0.478 e. The van der Waals surface area contributed by atoms with Gasteiger partial charge >= 0.3 is 0 Å². The zero-order valence-corrected chi connectivity index (χ0v) is 8.47. The zero-order valence-electron chi connectivity index (χ0n) is 8.47. The van der Waals surface area contributed by atoms with Gasteiger partial charge < -0.3 is 4.74 Å². The summed E-state index contributed by atoms with van der Waals surface area (Å²) in [6.07, 6.45) is 3.60. The molecule has 0 aliphatic heterocycles. The van der Waals surface area contributed by atoms with Crippen molar-refractivity contribution in [3.8, 4) is 0 Å². The van der Waals surface area contributed by atoms with Gasteiger partial charge in [0.1, 0.15) is 0 Å². The average molecular weight is 189 g/mol. The molecule has 0 aromatic heterocycles. The number of fused-ring (bicyclic) bond motifs is 1. The van der Waals surface area contributed by atoms with Crippen LogP contribution in [-0.4, -0.2) is 12.5 Å². The van der Waals surface area contributed by atoms with Crippen LogP contribution in [0.5, 0.6) is 0 Å². The molecule has 0 bridgehead atoms. The van der Waals surface area contributed by atoms with Crippen molar-refractivity contribution in [1.82, 2.24) is 0 Å². The van der Waals surface area contributed by atoms with Gasteiger partial charge in [-0.05, 0) is 49.4 Å². The van der Waals surface area contributed by atoms with Crippen LogP contribution in [0.1, 0.15) is 30.0 Å². The quantitative estimate of drug-likeness (QED) is 0.563. The Bertz CT molecular complexity index is 357. The van der Waals surface area contributed by atoms with Crippen LogP contribution in [-0.2, 0) is 17.6 Å². The van der Waals surface area contributed by atoms with Crippen molar-refractivity contribution in [1.29, 1.82) is 5.41 Å². The first-order chi connectivity index (χ1) is 6.81. The van der Waals surface area contributed by atoms with Gasteiger partial charge in [-0.15, -0.1) is 0 Å². The maximum Gasteiger partial charge on any atom is 0.213 e. The minimum atomic E-state index is 0.294. The number of nitrogens with one attached hydrogen (secondary N) is 1. The molecule has 74 valence electrons. The Morgan fingerprint density at radius 2 is 2.14 bits per heavy atom. The number of rotatable bonds is 2. The van der Waals surface area contributed by atoms with E-state index in [1.165, 1.54) is 24.0 Å². The number of benzene rings is 1. The smallest absolute Gasteiger partial charge is 0.213 e. The number of aryl methyl sites for hydroxylation is 2. The van der Waals surface area contributed by atoms with Crippen LogP contribution in [0, 0.1) is 5.41 Å². The summed E-state index contributed by atoms with van der Waals surface area (Å²) in [5.74, 6) is 0.294. The molecule has 0 unspecified atom stereocenters. The van der Waals surface area contributed by atoms with Gasteiger partial charge in [0.25, 0.3) is 0 Å². The molecule has 2 rings (SSSR count). The van der Waals surface area contributed by atoms with E-state index in [1.54, 1.807) is 0 Å². The summed E-state index contributed by atoms with van der Waals surface area (Å²) in [5.41, 5.74) is 3.75. The molecular formula is C12H15NO. The summed E-state index contributed by atoms with van der Waals surface area (Å²) in [4.78, 5) is 0. The molecule has 0 atom stereocenters. The molecule has 0 amide bonds. The van der Waals surface area contributed by atoms with Crippen molar-refractivity contribution in [3.63, 3.8) is 0 Å². The first-order valence-corrected chi connectivity index (χ1v) is 5.15. The van der Waals surface area contributed by atoms with Gasteiger partial charge in [0.15, 0.2) is 0 Å². The monoisotopic (exact) mass is 189 g/mol. The van der Waals surface area contributed by atoms with Gasteiger partial charge in [-0.25, -0.2) is 0 Å². The lowest BCUT2D eigenvalue weighted by atomic mass is 10.1. The lowest BCUT2D eigenvalue weighted by Gasteiger charge is -2.06. The van der Waals surface area contributed by atoms with E-state index in [2.05, 4.69) is 12.1 Å². The van der Waals surface area contributed by atoms with Crippen molar-refractivity contribution in [3.05, 3.63) is 34.9 Å². The third-order valence-corrected chi connectivity index (χ3v) is 2.65. The molecule has 0 radical (unpaired) electrons. The first-order valence-electron chi connectivity index (χ1n) is 5.15. The fourth-order valence-electron chi connectivity index (χ4n) is 1.94. The second kappa shape index (κ2) is 3.82. The van der Waals surface area contributed by atoms with Crippen LogP contribution >= 0.6 is 0 Å². The van der Waals surface area contributed by atoms with Crippen LogP contribution in [0.3, 0.4) is 0 Å². The minimum absolute atomic E-state index is 0.294.